The van der Waals surface area contributed by atoms with Crippen molar-refractivity contribution in [3.05, 3.63) is 88.3 Å². The topological polar surface area (TPSA) is 129 Å². The molecule has 2 aromatic carbocycles. The lowest BCUT2D eigenvalue weighted by molar-refractivity contribution is -0.385. The van der Waals surface area contributed by atoms with E-state index in [0.29, 0.717) is 22.6 Å². The minimum Gasteiger partial charge on any atom is -0.493 e. The molecule has 0 aliphatic rings. The van der Waals surface area contributed by atoms with Gasteiger partial charge in [0.2, 0.25) is 5.88 Å². The number of para-hydroxylation sites is 1. The molecular weight excluding hydrogens is 416 g/mol. The Morgan fingerprint density at radius 2 is 2.00 bits per heavy atom. The van der Waals surface area contributed by atoms with Crippen LogP contribution in [-0.2, 0) is 0 Å². The van der Waals surface area contributed by atoms with Gasteiger partial charge < -0.3 is 13.9 Å². The number of furan rings is 1. The van der Waals surface area contributed by atoms with Crippen LogP contribution >= 0.6 is 0 Å². The van der Waals surface area contributed by atoms with Gasteiger partial charge in [0.05, 0.1) is 18.2 Å². The van der Waals surface area contributed by atoms with Crippen molar-refractivity contribution in [3.8, 4) is 17.4 Å². The van der Waals surface area contributed by atoms with Gasteiger partial charge in [-0.1, -0.05) is 18.2 Å². The monoisotopic (exact) mass is 432 g/mol. The van der Waals surface area contributed by atoms with Gasteiger partial charge in [0.15, 0.2) is 17.3 Å². The maximum atomic E-state index is 12.2. The van der Waals surface area contributed by atoms with Gasteiger partial charge in [-0.3, -0.25) is 14.9 Å². The number of benzene rings is 2. The van der Waals surface area contributed by atoms with Gasteiger partial charge in [-0.25, -0.2) is 10.4 Å². The first-order valence-electron chi connectivity index (χ1n) is 9.32. The Morgan fingerprint density at radius 3 is 2.72 bits per heavy atom. The van der Waals surface area contributed by atoms with E-state index in [2.05, 4.69) is 15.5 Å². The molecule has 32 heavy (non-hydrogen) atoms. The summed E-state index contributed by atoms with van der Waals surface area (Å²) < 4.78 is 16.5. The normalized spacial score (nSPS) is 10.9. The quantitative estimate of drug-likeness (QED) is 0.262. The van der Waals surface area contributed by atoms with Crippen LogP contribution in [0.3, 0.4) is 0 Å². The number of rotatable bonds is 7. The minimum atomic E-state index is -0.543. The number of methoxy groups -OCH3 is 1. The highest BCUT2D eigenvalue weighted by Crippen LogP contribution is 2.31. The standard InChI is InChI=1S/C22H16N4O6/c1-30-19-10-14(6-8-18(19)32-21-9-7-16(13-23-21)26(28)29)12-24-25-22(27)20-11-15-4-2-3-5-17(15)31-20/h2-13H,1H3,(H,25,27). The van der Waals surface area contributed by atoms with E-state index in [4.69, 9.17) is 13.9 Å². The fourth-order valence-corrected chi connectivity index (χ4v) is 2.82. The maximum absolute atomic E-state index is 12.2. The van der Waals surface area contributed by atoms with Crippen LogP contribution in [0.5, 0.6) is 17.4 Å². The first kappa shape index (κ1) is 20.5. The molecule has 10 heteroatoms. The van der Waals surface area contributed by atoms with Crippen LogP contribution in [0.15, 0.2) is 76.4 Å². The van der Waals surface area contributed by atoms with Crippen molar-refractivity contribution in [1.29, 1.82) is 0 Å². The van der Waals surface area contributed by atoms with Crippen molar-refractivity contribution < 1.29 is 23.6 Å². The summed E-state index contributed by atoms with van der Waals surface area (Å²) in [6, 6.07) is 16.6. The smallest absolute Gasteiger partial charge is 0.307 e. The molecule has 0 spiro atoms. The van der Waals surface area contributed by atoms with Gasteiger partial charge in [0.1, 0.15) is 11.8 Å². The number of pyridine rings is 1. The van der Waals surface area contributed by atoms with E-state index in [1.165, 1.54) is 25.5 Å². The van der Waals surface area contributed by atoms with Crippen molar-refractivity contribution >= 4 is 28.8 Å². The van der Waals surface area contributed by atoms with E-state index < -0.39 is 10.8 Å². The second-order valence-electron chi connectivity index (χ2n) is 6.47. The molecule has 0 aliphatic heterocycles. The molecule has 0 fully saturated rings. The Kier molecular flexibility index (Phi) is 5.75. The summed E-state index contributed by atoms with van der Waals surface area (Å²) in [4.78, 5) is 26.3. The molecule has 0 aliphatic carbocycles. The molecule has 0 unspecified atom stereocenters. The highest BCUT2D eigenvalue weighted by Gasteiger charge is 2.12. The van der Waals surface area contributed by atoms with Crippen molar-refractivity contribution in [2.24, 2.45) is 5.10 Å². The Balaban J connectivity index is 1.43. The number of ether oxygens (including phenoxy) is 2. The van der Waals surface area contributed by atoms with Crippen molar-refractivity contribution in [3.63, 3.8) is 0 Å². The van der Waals surface area contributed by atoms with Gasteiger partial charge in [-0.2, -0.15) is 5.10 Å². The molecule has 0 atom stereocenters. The number of hydrogen-bond acceptors (Lipinski definition) is 8. The number of nitrogens with zero attached hydrogens (tertiary/aromatic N) is 3. The third-order valence-corrected chi connectivity index (χ3v) is 4.36. The van der Waals surface area contributed by atoms with E-state index in [1.54, 1.807) is 30.3 Å². The van der Waals surface area contributed by atoms with E-state index in [0.717, 1.165) is 11.6 Å². The summed E-state index contributed by atoms with van der Waals surface area (Å²) in [5, 5.41) is 15.5. The zero-order valence-electron chi connectivity index (χ0n) is 16.7. The number of hydrogen-bond donors (Lipinski definition) is 1. The summed E-state index contributed by atoms with van der Waals surface area (Å²) in [6.07, 6.45) is 2.55. The van der Waals surface area contributed by atoms with Crippen LogP contribution in [0.25, 0.3) is 11.0 Å². The molecule has 4 aromatic rings. The summed E-state index contributed by atoms with van der Waals surface area (Å²) in [7, 11) is 1.47. The fraction of sp³-hybridized carbons (Fsp3) is 0.0455. The molecule has 0 bridgehead atoms. The number of nitrogens with one attached hydrogen (secondary N) is 1. The summed E-state index contributed by atoms with van der Waals surface area (Å²) in [5.41, 5.74) is 3.53. The van der Waals surface area contributed by atoms with Gasteiger partial charge in [-0.15, -0.1) is 0 Å². The lowest BCUT2D eigenvalue weighted by Crippen LogP contribution is -2.16. The van der Waals surface area contributed by atoms with E-state index >= 15 is 0 Å². The van der Waals surface area contributed by atoms with Crippen LogP contribution in [-0.4, -0.2) is 29.1 Å². The number of carbonyl (C=O) groups is 1. The number of aromatic nitrogens is 1. The average molecular weight is 432 g/mol. The highest BCUT2D eigenvalue weighted by molar-refractivity contribution is 5.96. The van der Waals surface area contributed by atoms with Gasteiger partial charge >= 0.3 is 5.91 Å². The van der Waals surface area contributed by atoms with E-state index in [1.807, 2.05) is 18.2 Å². The van der Waals surface area contributed by atoms with E-state index in [9.17, 15) is 14.9 Å². The summed E-state index contributed by atoms with van der Waals surface area (Å²) >= 11 is 0. The Bertz CT molecular complexity index is 1280. The summed E-state index contributed by atoms with van der Waals surface area (Å²) in [6.45, 7) is 0. The van der Waals surface area contributed by atoms with Crippen LogP contribution < -0.4 is 14.9 Å². The molecule has 10 nitrogen and oxygen atoms in total. The average Bonchev–Trinajstić information content (AvgIpc) is 3.25. The highest BCUT2D eigenvalue weighted by atomic mass is 16.6. The number of hydrazone groups is 1. The van der Waals surface area contributed by atoms with Crippen molar-refractivity contribution in [1.82, 2.24) is 10.4 Å². The number of fused-ring (bicyclic) bond motifs is 1. The molecule has 2 aromatic heterocycles. The Morgan fingerprint density at radius 1 is 1.16 bits per heavy atom. The third kappa shape index (κ3) is 4.54. The molecule has 0 radical (unpaired) electrons. The zero-order valence-corrected chi connectivity index (χ0v) is 16.7. The fourth-order valence-electron chi connectivity index (χ4n) is 2.82. The predicted octanol–water partition coefficient (Wildman–Crippen LogP) is 4.30. The first-order valence-corrected chi connectivity index (χ1v) is 9.32. The van der Waals surface area contributed by atoms with Gasteiger partial charge in [0, 0.05) is 17.5 Å². The number of carbonyl (C=O) groups excluding carboxylic acids is 1. The Hall–Kier alpha value is -4.73. The molecule has 0 saturated carbocycles. The molecular formula is C22H16N4O6. The molecule has 1 N–H and O–H groups in total. The minimum absolute atomic E-state index is 0.138. The molecule has 4 rings (SSSR count). The van der Waals surface area contributed by atoms with Crippen LogP contribution in [0, 0.1) is 10.1 Å². The molecule has 160 valence electrons. The molecule has 0 saturated heterocycles. The number of nitro groups is 1. The van der Waals surface area contributed by atoms with E-state index in [-0.39, 0.29) is 17.3 Å². The first-order chi connectivity index (χ1) is 15.5. The number of amides is 1. The van der Waals surface area contributed by atoms with Crippen molar-refractivity contribution in [2.75, 3.05) is 7.11 Å². The summed E-state index contributed by atoms with van der Waals surface area (Å²) in [5.74, 6) is 0.595. The van der Waals surface area contributed by atoms with Crippen molar-refractivity contribution in [2.45, 2.75) is 0 Å². The zero-order chi connectivity index (χ0) is 22.5. The predicted molar refractivity (Wildman–Crippen MR) is 115 cm³/mol. The van der Waals surface area contributed by atoms with Gasteiger partial charge in [0.25, 0.3) is 5.69 Å². The van der Waals surface area contributed by atoms with Crippen LogP contribution in [0.4, 0.5) is 5.69 Å². The second kappa shape index (κ2) is 8.96. The third-order valence-electron chi connectivity index (χ3n) is 4.36. The lowest BCUT2D eigenvalue weighted by Gasteiger charge is -2.10. The lowest BCUT2D eigenvalue weighted by atomic mass is 10.2. The van der Waals surface area contributed by atoms with Crippen LogP contribution in [0.1, 0.15) is 16.1 Å². The van der Waals surface area contributed by atoms with Gasteiger partial charge in [-0.05, 0) is 35.9 Å². The molecule has 1 amide bonds. The molecule has 2 heterocycles. The largest absolute Gasteiger partial charge is 0.493 e. The second-order valence-corrected chi connectivity index (χ2v) is 6.47. The Labute approximate surface area is 181 Å². The maximum Gasteiger partial charge on any atom is 0.307 e. The SMILES string of the molecule is COc1cc(C=NNC(=O)c2cc3ccccc3o2)ccc1Oc1ccc([N+](=O)[O-])cn1. The van der Waals surface area contributed by atoms with Crippen LogP contribution in [0.2, 0.25) is 0 Å².